The van der Waals surface area contributed by atoms with Crippen molar-refractivity contribution in [2.45, 2.75) is 25.3 Å². The molecule has 1 aliphatic rings. The Kier molecular flexibility index (Phi) is 2.39. The first-order valence-corrected chi connectivity index (χ1v) is 4.86. The number of hydrogen-bond acceptors (Lipinski definition) is 3. The lowest BCUT2D eigenvalue weighted by Crippen LogP contribution is -2.31. The third-order valence-electron chi connectivity index (χ3n) is 2.45. The zero-order valence-electron chi connectivity index (χ0n) is 7.94. The van der Waals surface area contributed by atoms with Crippen molar-refractivity contribution in [3.8, 4) is 0 Å². The molecule has 14 heavy (non-hydrogen) atoms. The first kappa shape index (κ1) is 9.05. The molecule has 1 aromatic rings. The highest BCUT2D eigenvalue weighted by Crippen LogP contribution is 2.17. The third-order valence-corrected chi connectivity index (χ3v) is 2.45. The number of amides is 1. The quantitative estimate of drug-likeness (QED) is 0.675. The minimum atomic E-state index is -0.185. The summed E-state index contributed by atoms with van der Waals surface area (Å²) in [4.78, 5) is 11.6. The van der Waals surface area contributed by atoms with Crippen molar-refractivity contribution in [1.29, 1.82) is 0 Å². The molecule has 2 heterocycles. The summed E-state index contributed by atoms with van der Waals surface area (Å²) in [7, 11) is 0. The molecule has 2 rings (SSSR count). The average molecular weight is 194 g/mol. The van der Waals surface area contributed by atoms with Crippen LogP contribution in [0.15, 0.2) is 12.3 Å². The van der Waals surface area contributed by atoms with Gasteiger partial charge in [-0.2, -0.15) is 5.10 Å². The maximum Gasteiger partial charge on any atom is 0.244 e. The van der Waals surface area contributed by atoms with E-state index in [1.54, 1.807) is 16.9 Å². The van der Waals surface area contributed by atoms with Crippen LogP contribution in [0.25, 0.3) is 0 Å². The lowest BCUT2D eigenvalue weighted by Gasteiger charge is -2.12. The summed E-state index contributed by atoms with van der Waals surface area (Å²) in [5.41, 5.74) is 5.51. The largest absolute Gasteiger partial charge is 0.382 e. The van der Waals surface area contributed by atoms with E-state index in [0.29, 0.717) is 5.82 Å². The van der Waals surface area contributed by atoms with Gasteiger partial charge in [0.25, 0.3) is 0 Å². The zero-order valence-corrected chi connectivity index (χ0v) is 7.94. The second-order valence-corrected chi connectivity index (χ2v) is 3.52. The van der Waals surface area contributed by atoms with Gasteiger partial charge in [0.2, 0.25) is 5.91 Å². The Balaban J connectivity index is 2.18. The summed E-state index contributed by atoms with van der Waals surface area (Å²) in [5.74, 6) is 0.507. The molecule has 0 saturated carbocycles. The van der Waals surface area contributed by atoms with Crippen molar-refractivity contribution >= 4 is 11.7 Å². The molecular formula is C9H14N4O. The Morgan fingerprint density at radius 3 is 3.14 bits per heavy atom. The van der Waals surface area contributed by atoms with E-state index in [4.69, 9.17) is 5.73 Å². The number of nitrogens with two attached hydrogens (primary N) is 1. The number of aromatic nitrogens is 2. The lowest BCUT2D eigenvalue weighted by molar-refractivity contribution is -0.124. The number of nitrogens with one attached hydrogen (secondary N) is 1. The molecule has 1 amide bonds. The van der Waals surface area contributed by atoms with Crippen molar-refractivity contribution in [1.82, 2.24) is 15.1 Å². The van der Waals surface area contributed by atoms with Crippen molar-refractivity contribution < 1.29 is 4.79 Å². The number of hydrogen-bond donors (Lipinski definition) is 2. The van der Waals surface area contributed by atoms with E-state index in [1.165, 1.54) is 0 Å². The molecule has 0 spiro atoms. The van der Waals surface area contributed by atoms with Crippen LogP contribution >= 0.6 is 0 Å². The van der Waals surface area contributed by atoms with Crippen LogP contribution in [0.1, 0.15) is 25.3 Å². The van der Waals surface area contributed by atoms with Gasteiger partial charge in [-0.05, 0) is 25.3 Å². The molecule has 0 aliphatic carbocycles. The second kappa shape index (κ2) is 3.69. The molecule has 3 N–H and O–H groups in total. The van der Waals surface area contributed by atoms with E-state index in [9.17, 15) is 4.79 Å². The van der Waals surface area contributed by atoms with Gasteiger partial charge < -0.3 is 11.1 Å². The number of rotatable bonds is 1. The molecule has 1 saturated heterocycles. The predicted octanol–water partition coefficient (Wildman–Crippen LogP) is 0.306. The monoisotopic (exact) mass is 194 g/mol. The van der Waals surface area contributed by atoms with Crippen LogP contribution in [0.4, 0.5) is 5.82 Å². The Morgan fingerprint density at radius 1 is 1.57 bits per heavy atom. The molecule has 5 nitrogen and oxygen atoms in total. The highest BCUT2D eigenvalue weighted by molar-refractivity contribution is 5.80. The molecule has 76 valence electrons. The van der Waals surface area contributed by atoms with Crippen molar-refractivity contribution in [2.75, 3.05) is 12.3 Å². The van der Waals surface area contributed by atoms with Gasteiger partial charge >= 0.3 is 0 Å². The zero-order chi connectivity index (χ0) is 9.97. The fourth-order valence-electron chi connectivity index (χ4n) is 1.70. The fraction of sp³-hybridized carbons (Fsp3) is 0.556. The van der Waals surface area contributed by atoms with E-state index in [1.807, 2.05) is 0 Å². The molecule has 5 heteroatoms. The first-order chi connectivity index (χ1) is 6.77. The van der Waals surface area contributed by atoms with Crippen LogP contribution in [0.5, 0.6) is 0 Å². The molecule has 1 atom stereocenters. The maximum atomic E-state index is 11.6. The summed E-state index contributed by atoms with van der Waals surface area (Å²) >= 11 is 0. The topological polar surface area (TPSA) is 72.9 Å². The number of carbonyl (C=O) groups excluding carboxylic acids is 1. The summed E-state index contributed by atoms with van der Waals surface area (Å²) in [6, 6.07) is 1.52. The van der Waals surface area contributed by atoms with Crippen LogP contribution in [0.2, 0.25) is 0 Å². The van der Waals surface area contributed by atoms with Gasteiger partial charge in [-0.25, -0.2) is 0 Å². The normalized spacial score (nSPS) is 22.9. The third kappa shape index (κ3) is 1.71. The molecule has 0 aromatic carbocycles. The first-order valence-electron chi connectivity index (χ1n) is 4.86. The highest BCUT2D eigenvalue weighted by atomic mass is 16.2. The molecule has 1 unspecified atom stereocenters. The van der Waals surface area contributed by atoms with Crippen LogP contribution < -0.4 is 11.1 Å². The van der Waals surface area contributed by atoms with Crippen LogP contribution in [-0.2, 0) is 4.79 Å². The van der Waals surface area contributed by atoms with Gasteiger partial charge in [-0.15, -0.1) is 0 Å². The minimum absolute atomic E-state index is 0.0469. The Hall–Kier alpha value is -1.52. The molecule has 1 aliphatic heterocycles. The van der Waals surface area contributed by atoms with E-state index in [0.717, 1.165) is 25.8 Å². The summed E-state index contributed by atoms with van der Waals surface area (Å²) in [6.07, 6.45) is 4.68. The van der Waals surface area contributed by atoms with Crippen LogP contribution in [-0.4, -0.2) is 22.2 Å². The number of anilines is 1. The number of nitrogen functional groups attached to an aromatic ring is 1. The SMILES string of the molecule is Nc1ccn(C2CCCCNC2=O)n1. The van der Waals surface area contributed by atoms with E-state index >= 15 is 0 Å². The van der Waals surface area contributed by atoms with Gasteiger partial charge in [0.05, 0.1) is 0 Å². The Morgan fingerprint density at radius 2 is 2.43 bits per heavy atom. The van der Waals surface area contributed by atoms with E-state index in [2.05, 4.69) is 10.4 Å². The lowest BCUT2D eigenvalue weighted by atomic mass is 10.1. The van der Waals surface area contributed by atoms with Crippen molar-refractivity contribution in [2.24, 2.45) is 0 Å². The predicted molar refractivity (Wildman–Crippen MR) is 52.5 cm³/mol. The molecular weight excluding hydrogens is 180 g/mol. The Labute approximate surface area is 82.3 Å². The number of carbonyl (C=O) groups is 1. The van der Waals surface area contributed by atoms with Crippen LogP contribution in [0.3, 0.4) is 0 Å². The molecule has 0 bridgehead atoms. The van der Waals surface area contributed by atoms with Crippen molar-refractivity contribution in [3.63, 3.8) is 0 Å². The average Bonchev–Trinajstić information content (AvgIpc) is 2.46. The molecule has 0 radical (unpaired) electrons. The summed E-state index contributed by atoms with van der Waals surface area (Å²) < 4.78 is 1.65. The van der Waals surface area contributed by atoms with E-state index < -0.39 is 0 Å². The van der Waals surface area contributed by atoms with Crippen LogP contribution in [0, 0.1) is 0 Å². The second-order valence-electron chi connectivity index (χ2n) is 3.52. The minimum Gasteiger partial charge on any atom is -0.382 e. The van der Waals surface area contributed by atoms with Crippen molar-refractivity contribution in [3.05, 3.63) is 12.3 Å². The number of nitrogens with zero attached hydrogens (tertiary/aromatic N) is 2. The summed E-state index contributed by atoms with van der Waals surface area (Å²) in [6.45, 7) is 0.770. The van der Waals surface area contributed by atoms with Gasteiger partial charge in [0.1, 0.15) is 11.9 Å². The van der Waals surface area contributed by atoms with Gasteiger partial charge in [0.15, 0.2) is 0 Å². The molecule has 1 fully saturated rings. The fourth-order valence-corrected chi connectivity index (χ4v) is 1.70. The Bertz CT molecular complexity index is 333. The van der Waals surface area contributed by atoms with E-state index in [-0.39, 0.29) is 11.9 Å². The highest BCUT2D eigenvalue weighted by Gasteiger charge is 2.22. The smallest absolute Gasteiger partial charge is 0.244 e. The standard InChI is InChI=1S/C9H14N4O/c10-8-4-6-13(12-8)7-3-1-2-5-11-9(7)14/h4,6-7H,1-3,5H2,(H2,10,12)(H,11,14). The maximum absolute atomic E-state index is 11.6. The van der Waals surface area contributed by atoms with Gasteiger partial charge in [0, 0.05) is 12.7 Å². The van der Waals surface area contributed by atoms with Gasteiger partial charge in [-0.1, -0.05) is 0 Å². The van der Waals surface area contributed by atoms with Gasteiger partial charge in [-0.3, -0.25) is 9.48 Å². The molecule has 1 aromatic heterocycles. The summed E-state index contributed by atoms with van der Waals surface area (Å²) in [5, 5.41) is 6.92.